The largest absolute Gasteiger partial charge is 0.307 e. The summed E-state index contributed by atoms with van der Waals surface area (Å²) in [5.41, 5.74) is 1.47. The van der Waals surface area contributed by atoms with Gasteiger partial charge in [0.2, 0.25) is 0 Å². The molecule has 2 atom stereocenters. The van der Waals surface area contributed by atoms with Crippen molar-refractivity contribution in [1.82, 2.24) is 5.32 Å². The summed E-state index contributed by atoms with van der Waals surface area (Å²) >= 11 is 0. The Bertz CT molecular complexity index is 450. The van der Waals surface area contributed by atoms with Crippen LogP contribution in [0.2, 0.25) is 0 Å². The van der Waals surface area contributed by atoms with Crippen LogP contribution in [0.25, 0.3) is 0 Å². The average molecular weight is 245 g/mol. The van der Waals surface area contributed by atoms with Crippen LogP contribution in [-0.4, -0.2) is 5.54 Å². The predicted molar refractivity (Wildman–Crippen MR) is 69.5 cm³/mol. The fourth-order valence-electron chi connectivity index (χ4n) is 4.96. The van der Waals surface area contributed by atoms with Crippen molar-refractivity contribution in [2.24, 2.45) is 17.8 Å². The van der Waals surface area contributed by atoms with Crippen LogP contribution in [0, 0.1) is 23.6 Å². The molecular weight excluding hydrogens is 225 g/mol. The summed E-state index contributed by atoms with van der Waals surface area (Å²) in [4.78, 5) is 0. The molecule has 5 rings (SSSR count). The maximum absolute atomic E-state index is 13.2. The van der Waals surface area contributed by atoms with Gasteiger partial charge in [0.1, 0.15) is 5.82 Å². The van der Waals surface area contributed by atoms with Gasteiger partial charge < -0.3 is 5.32 Å². The highest BCUT2D eigenvalue weighted by molar-refractivity contribution is 5.18. The molecule has 0 amide bonds. The van der Waals surface area contributed by atoms with Crippen molar-refractivity contribution < 1.29 is 4.39 Å². The van der Waals surface area contributed by atoms with Crippen molar-refractivity contribution in [1.29, 1.82) is 0 Å². The molecule has 4 bridgehead atoms. The van der Waals surface area contributed by atoms with E-state index in [0.29, 0.717) is 5.54 Å². The van der Waals surface area contributed by atoms with Crippen LogP contribution in [0.4, 0.5) is 4.39 Å². The molecule has 4 fully saturated rings. The lowest BCUT2D eigenvalue weighted by atomic mass is 9.76. The van der Waals surface area contributed by atoms with Crippen LogP contribution < -0.4 is 5.32 Å². The Hall–Kier alpha value is -0.890. The summed E-state index contributed by atoms with van der Waals surface area (Å²) in [5.74, 6) is 2.83. The van der Waals surface area contributed by atoms with Gasteiger partial charge in [-0.05, 0) is 67.6 Å². The molecule has 0 aliphatic heterocycles. The van der Waals surface area contributed by atoms with E-state index in [1.165, 1.54) is 38.2 Å². The standard InChI is InChI=1S/C16H20FN/c17-15-3-1-2-11(6-15)10-18-16-7-12-4-13(8-16)14(5-12)9-16/h1-3,6,12-14,18H,4-5,7-10H2. The average Bonchev–Trinajstić information content (AvgIpc) is 2.75. The molecule has 2 heteroatoms. The third-order valence-corrected chi connectivity index (χ3v) is 5.48. The van der Waals surface area contributed by atoms with Gasteiger partial charge in [0.15, 0.2) is 0 Å². The van der Waals surface area contributed by atoms with Gasteiger partial charge in [-0.25, -0.2) is 4.39 Å². The lowest BCUT2D eigenvalue weighted by molar-refractivity contribution is 0.183. The molecule has 4 saturated carbocycles. The third-order valence-electron chi connectivity index (χ3n) is 5.48. The molecule has 0 saturated heterocycles. The van der Waals surface area contributed by atoms with E-state index in [9.17, 15) is 4.39 Å². The number of nitrogens with one attached hydrogen (secondary N) is 1. The van der Waals surface area contributed by atoms with E-state index in [0.717, 1.165) is 29.9 Å². The highest BCUT2D eigenvalue weighted by atomic mass is 19.1. The first kappa shape index (κ1) is 11.0. The van der Waals surface area contributed by atoms with Crippen LogP contribution >= 0.6 is 0 Å². The molecule has 4 aliphatic carbocycles. The first-order chi connectivity index (χ1) is 8.72. The van der Waals surface area contributed by atoms with Crippen molar-refractivity contribution in [2.75, 3.05) is 0 Å². The quantitative estimate of drug-likeness (QED) is 0.859. The highest BCUT2D eigenvalue weighted by Crippen LogP contribution is 2.59. The van der Waals surface area contributed by atoms with Gasteiger partial charge in [0.25, 0.3) is 0 Å². The van der Waals surface area contributed by atoms with Gasteiger partial charge in [0, 0.05) is 12.1 Å². The van der Waals surface area contributed by atoms with Crippen molar-refractivity contribution in [3.8, 4) is 0 Å². The van der Waals surface area contributed by atoms with E-state index in [-0.39, 0.29) is 5.82 Å². The summed E-state index contributed by atoms with van der Waals surface area (Å²) in [6, 6.07) is 6.99. The zero-order valence-electron chi connectivity index (χ0n) is 10.7. The summed E-state index contributed by atoms with van der Waals surface area (Å²) in [6.45, 7) is 0.823. The molecule has 0 spiro atoms. The molecule has 0 radical (unpaired) electrons. The second-order valence-corrected chi connectivity index (χ2v) is 6.73. The fraction of sp³-hybridized carbons (Fsp3) is 0.625. The number of hydrogen-bond acceptors (Lipinski definition) is 1. The first-order valence-corrected chi connectivity index (χ1v) is 7.22. The smallest absolute Gasteiger partial charge is 0.123 e. The lowest BCUT2D eigenvalue weighted by Gasteiger charge is -2.39. The lowest BCUT2D eigenvalue weighted by Crippen LogP contribution is -2.47. The molecule has 0 heterocycles. The van der Waals surface area contributed by atoms with Crippen molar-refractivity contribution >= 4 is 0 Å². The molecule has 0 aromatic heterocycles. The molecule has 96 valence electrons. The molecule has 1 aromatic rings. The van der Waals surface area contributed by atoms with E-state index in [1.807, 2.05) is 6.07 Å². The number of hydrogen-bond donors (Lipinski definition) is 1. The second kappa shape index (κ2) is 3.80. The highest BCUT2D eigenvalue weighted by Gasteiger charge is 2.55. The summed E-state index contributed by atoms with van der Waals surface area (Å²) in [5, 5.41) is 3.76. The van der Waals surface area contributed by atoms with Gasteiger partial charge in [-0.15, -0.1) is 0 Å². The molecule has 1 aromatic carbocycles. The third kappa shape index (κ3) is 1.70. The molecular formula is C16H20FN. The zero-order valence-corrected chi connectivity index (χ0v) is 10.7. The Kier molecular flexibility index (Phi) is 2.32. The minimum Gasteiger partial charge on any atom is -0.307 e. The van der Waals surface area contributed by atoms with Gasteiger partial charge in [-0.1, -0.05) is 12.1 Å². The summed E-state index contributed by atoms with van der Waals surface area (Å²) in [7, 11) is 0. The van der Waals surface area contributed by atoms with E-state index >= 15 is 0 Å². The predicted octanol–water partition coefficient (Wildman–Crippen LogP) is 3.49. The Morgan fingerprint density at radius 2 is 1.94 bits per heavy atom. The molecule has 4 aliphatic rings. The first-order valence-electron chi connectivity index (χ1n) is 7.22. The number of halogens is 1. The van der Waals surface area contributed by atoms with Gasteiger partial charge in [-0.2, -0.15) is 0 Å². The summed E-state index contributed by atoms with van der Waals surface area (Å²) < 4.78 is 13.2. The van der Waals surface area contributed by atoms with Crippen molar-refractivity contribution in [3.63, 3.8) is 0 Å². The van der Waals surface area contributed by atoms with Gasteiger partial charge in [0.05, 0.1) is 0 Å². The van der Waals surface area contributed by atoms with Crippen LogP contribution in [0.1, 0.15) is 37.7 Å². The Labute approximate surface area is 108 Å². The monoisotopic (exact) mass is 245 g/mol. The van der Waals surface area contributed by atoms with Crippen molar-refractivity contribution in [2.45, 2.75) is 44.2 Å². The maximum Gasteiger partial charge on any atom is 0.123 e. The molecule has 1 nitrogen and oxygen atoms in total. The molecule has 2 unspecified atom stereocenters. The van der Waals surface area contributed by atoms with E-state index in [1.54, 1.807) is 12.1 Å². The van der Waals surface area contributed by atoms with Crippen LogP contribution in [-0.2, 0) is 6.54 Å². The Morgan fingerprint density at radius 1 is 1.17 bits per heavy atom. The van der Waals surface area contributed by atoms with Crippen LogP contribution in [0.5, 0.6) is 0 Å². The van der Waals surface area contributed by atoms with Crippen molar-refractivity contribution in [3.05, 3.63) is 35.6 Å². The Morgan fingerprint density at radius 3 is 2.61 bits per heavy atom. The maximum atomic E-state index is 13.2. The topological polar surface area (TPSA) is 12.0 Å². The van der Waals surface area contributed by atoms with E-state index in [4.69, 9.17) is 0 Å². The normalized spacial score (nSPS) is 40.6. The number of rotatable bonds is 3. The second-order valence-electron chi connectivity index (χ2n) is 6.73. The fourth-order valence-corrected chi connectivity index (χ4v) is 4.96. The minimum atomic E-state index is -0.123. The van der Waals surface area contributed by atoms with Crippen LogP contribution in [0.3, 0.4) is 0 Å². The molecule has 1 N–H and O–H groups in total. The Balaban J connectivity index is 1.47. The number of benzene rings is 1. The van der Waals surface area contributed by atoms with Gasteiger partial charge in [-0.3, -0.25) is 0 Å². The molecule has 18 heavy (non-hydrogen) atoms. The van der Waals surface area contributed by atoms with Gasteiger partial charge >= 0.3 is 0 Å². The van der Waals surface area contributed by atoms with E-state index < -0.39 is 0 Å². The summed E-state index contributed by atoms with van der Waals surface area (Å²) in [6.07, 6.45) is 7.05. The van der Waals surface area contributed by atoms with Crippen LogP contribution in [0.15, 0.2) is 24.3 Å². The minimum absolute atomic E-state index is 0.123. The zero-order chi connectivity index (χ0) is 12.2. The van der Waals surface area contributed by atoms with E-state index in [2.05, 4.69) is 5.32 Å². The SMILES string of the molecule is Fc1cccc(CNC23CC4CC(C2)C(C4)C3)c1.